The molecule has 1 aromatic carbocycles. The van der Waals surface area contributed by atoms with Gasteiger partial charge < -0.3 is 15.7 Å². The fourth-order valence-corrected chi connectivity index (χ4v) is 2.47. The number of rotatable bonds is 3. The van der Waals surface area contributed by atoms with Crippen LogP contribution in [-0.4, -0.2) is 29.6 Å². The van der Waals surface area contributed by atoms with Crippen molar-refractivity contribution in [3.63, 3.8) is 0 Å². The van der Waals surface area contributed by atoms with Gasteiger partial charge in [0.05, 0.1) is 11.8 Å². The molecule has 0 spiro atoms. The summed E-state index contributed by atoms with van der Waals surface area (Å²) in [5.74, 6) is -2.35. The highest BCUT2D eigenvalue weighted by molar-refractivity contribution is 6.39. The van der Waals surface area contributed by atoms with Crippen molar-refractivity contribution in [1.82, 2.24) is 5.32 Å². The zero-order valence-electron chi connectivity index (χ0n) is 11.6. The molecule has 0 saturated heterocycles. The highest BCUT2D eigenvalue weighted by atomic mass is 19.1. The number of nitrogens with one attached hydrogen (secondary N) is 2. The Morgan fingerprint density at radius 1 is 1.19 bits per heavy atom. The van der Waals surface area contributed by atoms with Crippen LogP contribution in [0.3, 0.4) is 0 Å². The topological polar surface area (TPSA) is 78.4 Å². The van der Waals surface area contributed by atoms with Gasteiger partial charge in [-0.05, 0) is 25.0 Å². The van der Waals surface area contributed by atoms with Crippen LogP contribution in [0, 0.1) is 11.7 Å². The third-order valence-corrected chi connectivity index (χ3v) is 3.72. The molecule has 2 atom stereocenters. The number of carbonyl (C=O) groups excluding carboxylic acids is 2. The van der Waals surface area contributed by atoms with Crippen LogP contribution in [0.5, 0.6) is 0 Å². The maximum atomic E-state index is 13.4. The average Bonchev–Trinajstić information content (AvgIpc) is 2.48. The molecule has 0 radical (unpaired) electrons. The molecule has 2 amide bonds. The van der Waals surface area contributed by atoms with Gasteiger partial charge in [0.15, 0.2) is 0 Å². The van der Waals surface area contributed by atoms with Crippen molar-refractivity contribution in [2.45, 2.75) is 31.8 Å². The quantitative estimate of drug-likeness (QED) is 0.738. The van der Waals surface area contributed by atoms with Crippen LogP contribution in [0.1, 0.15) is 25.7 Å². The van der Waals surface area contributed by atoms with Gasteiger partial charge in [-0.25, -0.2) is 4.39 Å². The van der Waals surface area contributed by atoms with Crippen LogP contribution in [0.15, 0.2) is 24.3 Å². The fourth-order valence-electron chi connectivity index (χ4n) is 2.47. The van der Waals surface area contributed by atoms with E-state index in [1.807, 2.05) is 0 Å². The van der Waals surface area contributed by atoms with E-state index in [-0.39, 0.29) is 18.2 Å². The second-order valence-electron chi connectivity index (χ2n) is 5.26. The predicted octanol–water partition coefficient (Wildman–Crippen LogP) is 1.43. The van der Waals surface area contributed by atoms with Crippen LogP contribution in [0.2, 0.25) is 0 Å². The Morgan fingerprint density at radius 3 is 2.62 bits per heavy atom. The van der Waals surface area contributed by atoms with Crippen molar-refractivity contribution in [3.05, 3.63) is 30.1 Å². The minimum atomic E-state index is -0.912. The van der Waals surface area contributed by atoms with Gasteiger partial charge in [-0.15, -0.1) is 0 Å². The first-order valence-corrected chi connectivity index (χ1v) is 7.09. The number of amides is 2. The molecule has 6 heteroatoms. The standard InChI is InChI=1S/C15H19FN2O3/c16-11-6-2-3-7-12(11)18-15(21)14(20)17-9-10-5-1-4-8-13(10)19/h2-3,6-7,10,13,19H,1,4-5,8-9H2,(H,17,20)(H,18,21)/t10-,13-/m0/s1. The lowest BCUT2D eigenvalue weighted by Crippen LogP contribution is -2.41. The molecule has 1 saturated carbocycles. The summed E-state index contributed by atoms with van der Waals surface area (Å²) in [6.07, 6.45) is 3.12. The highest BCUT2D eigenvalue weighted by Gasteiger charge is 2.24. The van der Waals surface area contributed by atoms with E-state index >= 15 is 0 Å². The number of aliphatic hydroxyl groups excluding tert-OH is 1. The first-order chi connectivity index (χ1) is 10.1. The van der Waals surface area contributed by atoms with Gasteiger partial charge in [0.25, 0.3) is 0 Å². The summed E-state index contributed by atoms with van der Waals surface area (Å²) in [4.78, 5) is 23.3. The molecule has 1 aliphatic rings. The van der Waals surface area contributed by atoms with Crippen molar-refractivity contribution in [1.29, 1.82) is 0 Å². The third kappa shape index (κ3) is 4.26. The van der Waals surface area contributed by atoms with Crippen molar-refractivity contribution < 1.29 is 19.1 Å². The van der Waals surface area contributed by atoms with Gasteiger partial charge in [-0.2, -0.15) is 0 Å². The van der Waals surface area contributed by atoms with E-state index in [1.54, 1.807) is 6.07 Å². The van der Waals surface area contributed by atoms with E-state index in [9.17, 15) is 19.1 Å². The number of para-hydroxylation sites is 1. The summed E-state index contributed by atoms with van der Waals surface area (Å²) < 4.78 is 13.4. The third-order valence-electron chi connectivity index (χ3n) is 3.72. The van der Waals surface area contributed by atoms with Crippen LogP contribution in [-0.2, 0) is 9.59 Å². The van der Waals surface area contributed by atoms with E-state index in [2.05, 4.69) is 10.6 Å². The largest absolute Gasteiger partial charge is 0.393 e. The summed E-state index contributed by atoms with van der Waals surface area (Å²) in [6, 6.07) is 5.64. The molecule has 0 unspecified atom stereocenters. The first-order valence-electron chi connectivity index (χ1n) is 7.09. The first kappa shape index (κ1) is 15.4. The second kappa shape index (κ2) is 7.17. The van der Waals surface area contributed by atoms with Crippen molar-refractivity contribution in [2.75, 3.05) is 11.9 Å². The summed E-state index contributed by atoms with van der Waals surface area (Å²) in [5, 5.41) is 14.5. The molecule has 114 valence electrons. The van der Waals surface area contributed by atoms with E-state index < -0.39 is 23.7 Å². The number of hydrogen-bond donors (Lipinski definition) is 3. The maximum absolute atomic E-state index is 13.4. The molecule has 1 fully saturated rings. The van der Waals surface area contributed by atoms with E-state index in [0.717, 1.165) is 25.7 Å². The zero-order valence-corrected chi connectivity index (χ0v) is 11.6. The van der Waals surface area contributed by atoms with E-state index in [4.69, 9.17) is 0 Å². The van der Waals surface area contributed by atoms with Gasteiger partial charge in [0, 0.05) is 12.5 Å². The Balaban J connectivity index is 1.83. The monoisotopic (exact) mass is 294 g/mol. The lowest BCUT2D eigenvalue weighted by Gasteiger charge is -2.27. The Kier molecular flexibility index (Phi) is 5.27. The number of halogens is 1. The Hall–Kier alpha value is -1.95. The van der Waals surface area contributed by atoms with Crippen LogP contribution in [0.4, 0.5) is 10.1 Å². The average molecular weight is 294 g/mol. The van der Waals surface area contributed by atoms with Crippen molar-refractivity contribution in [3.8, 4) is 0 Å². The number of anilines is 1. The predicted molar refractivity (Wildman–Crippen MR) is 76.0 cm³/mol. The minimum Gasteiger partial charge on any atom is -0.393 e. The molecule has 0 aliphatic heterocycles. The summed E-state index contributed by atoms with van der Waals surface area (Å²) in [6.45, 7) is 0.255. The van der Waals surface area contributed by atoms with Crippen molar-refractivity contribution >= 4 is 17.5 Å². The lowest BCUT2D eigenvalue weighted by molar-refractivity contribution is -0.136. The molecule has 21 heavy (non-hydrogen) atoms. The van der Waals surface area contributed by atoms with Crippen LogP contribution < -0.4 is 10.6 Å². The Bertz CT molecular complexity index is 521. The normalized spacial score (nSPS) is 21.6. The van der Waals surface area contributed by atoms with Gasteiger partial charge in [-0.3, -0.25) is 9.59 Å². The lowest BCUT2D eigenvalue weighted by atomic mass is 9.86. The van der Waals surface area contributed by atoms with Gasteiger partial charge in [0.2, 0.25) is 0 Å². The Labute approximate surface area is 122 Å². The fraction of sp³-hybridized carbons (Fsp3) is 0.467. The maximum Gasteiger partial charge on any atom is 0.313 e. The SMILES string of the molecule is O=C(NC[C@@H]1CCCC[C@@H]1O)C(=O)Nc1ccccc1F. The van der Waals surface area contributed by atoms with E-state index in [0.29, 0.717) is 0 Å². The minimum absolute atomic E-state index is 0.0241. The number of hydrogen-bond acceptors (Lipinski definition) is 3. The van der Waals surface area contributed by atoms with Gasteiger partial charge >= 0.3 is 11.8 Å². The van der Waals surface area contributed by atoms with E-state index in [1.165, 1.54) is 18.2 Å². The highest BCUT2D eigenvalue weighted by Crippen LogP contribution is 2.23. The molecule has 1 aromatic rings. The molecule has 5 nitrogen and oxygen atoms in total. The van der Waals surface area contributed by atoms with Crippen molar-refractivity contribution in [2.24, 2.45) is 5.92 Å². The van der Waals surface area contributed by atoms with Gasteiger partial charge in [-0.1, -0.05) is 25.0 Å². The Morgan fingerprint density at radius 2 is 1.90 bits per heavy atom. The number of benzene rings is 1. The molecule has 0 aromatic heterocycles. The molecular formula is C15H19FN2O3. The smallest absolute Gasteiger partial charge is 0.313 e. The van der Waals surface area contributed by atoms with Crippen LogP contribution in [0.25, 0.3) is 0 Å². The molecule has 0 heterocycles. The molecular weight excluding hydrogens is 275 g/mol. The van der Waals surface area contributed by atoms with Gasteiger partial charge in [0.1, 0.15) is 5.82 Å². The second-order valence-corrected chi connectivity index (χ2v) is 5.26. The number of carbonyl (C=O) groups is 2. The van der Waals surface area contributed by atoms with Crippen LogP contribution >= 0.6 is 0 Å². The molecule has 1 aliphatic carbocycles. The molecule has 2 rings (SSSR count). The summed E-state index contributed by atoms with van der Waals surface area (Å²) in [5.41, 5.74) is -0.0321. The molecule has 0 bridgehead atoms. The zero-order chi connectivity index (χ0) is 15.2. The molecule has 3 N–H and O–H groups in total. The summed E-state index contributed by atoms with van der Waals surface area (Å²) >= 11 is 0. The summed E-state index contributed by atoms with van der Waals surface area (Å²) in [7, 11) is 0. The number of aliphatic hydroxyl groups is 1.